The molecule has 5 nitrogen and oxygen atoms in total. The number of Topliss-reactive ketones (excluding diaryl/α,β-unsaturated/α-hetero) is 1. The van der Waals surface area contributed by atoms with E-state index in [1.807, 2.05) is 0 Å². The highest BCUT2D eigenvalue weighted by atomic mass is 35.5. The van der Waals surface area contributed by atoms with Gasteiger partial charge in [0, 0.05) is 15.6 Å². The van der Waals surface area contributed by atoms with Crippen molar-refractivity contribution in [1.82, 2.24) is 0 Å². The van der Waals surface area contributed by atoms with Crippen LogP contribution in [0.3, 0.4) is 0 Å². The summed E-state index contributed by atoms with van der Waals surface area (Å²) in [5.74, 6) is -2.22. The maximum Gasteiger partial charge on any atom is 0.300 e. The monoisotopic (exact) mass is 443 g/mol. The number of carbonyl (C=O) groups excluding carboxylic acids is 2. The van der Waals surface area contributed by atoms with Crippen LogP contribution < -0.4 is 9.64 Å². The van der Waals surface area contributed by atoms with Crippen molar-refractivity contribution < 1.29 is 23.8 Å². The smallest absolute Gasteiger partial charge is 0.300 e. The zero-order chi connectivity index (χ0) is 21.4. The van der Waals surface area contributed by atoms with Crippen LogP contribution in [0.5, 0.6) is 5.75 Å². The summed E-state index contributed by atoms with van der Waals surface area (Å²) in [6.07, 6.45) is 0. The Morgan fingerprint density at radius 3 is 2.53 bits per heavy atom. The second-order valence-corrected chi connectivity index (χ2v) is 7.92. The van der Waals surface area contributed by atoms with Gasteiger partial charge in [0.05, 0.1) is 18.2 Å². The van der Waals surface area contributed by atoms with Crippen molar-refractivity contribution >= 4 is 46.1 Å². The van der Waals surface area contributed by atoms with Gasteiger partial charge in [0.2, 0.25) is 0 Å². The van der Waals surface area contributed by atoms with Crippen molar-refractivity contribution in [1.29, 1.82) is 0 Å². The first-order valence-corrected chi connectivity index (χ1v) is 10.1. The van der Waals surface area contributed by atoms with E-state index in [1.54, 1.807) is 29.6 Å². The molecule has 0 aliphatic carbocycles. The van der Waals surface area contributed by atoms with Gasteiger partial charge in [0.25, 0.3) is 11.7 Å². The van der Waals surface area contributed by atoms with E-state index in [-0.39, 0.29) is 11.1 Å². The van der Waals surface area contributed by atoms with Crippen LogP contribution in [-0.4, -0.2) is 23.9 Å². The van der Waals surface area contributed by atoms with E-state index in [0.717, 1.165) is 0 Å². The number of thiophene rings is 1. The average Bonchev–Trinajstić information content (AvgIpc) is 3.35. The molecule has 1 fully saturated rings. The number of aliphatic hydroxyl groups excluding tert-OH is 1. The number of benzene rings is 2. The summed E-state index contributed by atoms with van der Waals surface area (Å²) in [7, 11) is 1.42. The lowest BCUT2D eigenvalue weighted by Crippen LogP contribution is -2.29. The summed E-state index contributed by atoms with van der Waals surface area (Å²) in [6, 6.07) is 12.5. The molecule has 0 saturated carbocycles. The van der Waals surface area contributed by atoms with Crippen molar-refractivity contribution in [3.63, 3.8) is 0 Å². The maximum absolute atomic E-state index is 13.4. The molecular weight excluding hydrogens is 429 g/mol. The van der Waals surface area contributed by atoms with E-state index >= 15 is 0 Å². The zero-order valence-corrected chi connectivity index (χ0v) is 17.2. The second-order valence-electron chi connectivity index (χ2n) is 6.51. The molecule has 0 bridgehead atoms. The minimum Gasteiger partial charge on any atom is -0.507 e. The Morgan fingerprint density at radius 2 is 1.90 bits per heavy atom. The van der Waals surface area contributed by atoms with Crippen LogP contribution in [0.2, 0.25) is 5.02 Å². The number of ketones is 1. The van der Waals surface area contributed by atoms with E-state index in [2.05, 4.69) is 0 Å². The van der Waals surface area contributed by atoms with Gasteiger partial charge in [-0.1, -0.05) is 17.7 Å². The fraction of sp³-hybridized carbons (Fsp3) is 0.0909. The third kappa shape index (κ3) is 3.36. The van der Waals surface area contributed by atoms with Crippen LogP contribution in [0.15, 0.2) is 65.6 Å². The number of anilines is 1. The van der Waals surface area contributed by atoms with Crippen molar-refractivity contribution in [2.75, 3.05) is 12.0 Å². The molecule has 152 valence electrons. The van der Waals surface area contributed by atoms with Crippen molar-refractivity contribution in [3.8, 4) is 5.75 Å². The van der Waals surface area contributed by atoms with Gasteiger partial charge in [0.1, 0.15) is 23.4 Å². The molecule has 1 saturated heterocycles. The molecule has 3 aromatic rings. The Morgan fingerprint density at radius 1 is 1.17 bits per heavy atom. The molecular formula is C22H15ClFNO4S. The molecule has 1 aromatic heterocycles. The molecule has 0 radical (unpaired) electrons. The number of hydrogen-bond donors (Lipinski definition) is 1. The number of aliphatic hydroxyl groups is 1. The normalized spacial score (nSPS) is 18.1. The lowest BCUT2D eigenvalue weighted by Gasteiger charge is -2.24. The molecule has 1 N–H and O–H groups in total. The fourth-order valence-corrected chi connectivity index (χ4v) is 4.42. The van der Waals surface area contributed by atoms with E-state index < -0.39 is 29.3 Å². The standard InChI is InChI=1S/C22H15ClFNO4S/c1-29-16-9-4-12(23)11-15(16)20(26)18-19(17-3-2-10-30-17)25(22(28)21(18)27)14-7-5-13(24)6-8-14/h2-11,19,26H,1H3/b20-18-. The molecule has 1 atom stereocenters. The van der Waals surface area contributed by atoms with Gasteiger partial charge in [0.15, 0.2) is 0 Å². The average molecular weight is 444 g/mol. The molecule has 1 unspecified atom stereocenters. The Balaban J connectivity index is 1.95. The van der Waals surface area contributed by atoms with Crippen LogP contribution >= 0.6 is 22.9 Å². The first kappa shape index (κ1) is 20.1. The summed E-state index contributed by atoms with van der Waals surface area (Å²) < 4.78 is 18.7. The molecule has 8 heteroatoms. The van der Waals surface area contributed by atoms with Crippen LogP contribution in [0.4, 0.5) is 10.1 Å². The van der Waals surface area contributed by atoms with Gasteiger partial charge in [-0.05, 0) is 53.9 Å². The number of nitrogens with zero attached hydrogens (tertiary/aromatic N) is 1. The molecule has 30 heavy (non-hydrogen) atoms. The van der Waals surface area contributed by atoms with Gasteiger partial charge < -0.3 is 9.84 Å². The highest BCUT2D eigenvalue weighted by Crippen LogP contribution is 2.44. The van der Waals surface area contributed by atoms with E-state index in [1.165, 1.54) is 53.7 Å². The minimum absolute atomic E-state index is 0.0904. The first-order valence-electron chi connectivity index (χ1n) is 8.86. The summed E-state index contributed by atoms with van der Waals surface area (Å²) in [5.41, 5.74) is 0.449. The second kappa shape index (κ2) is 7.93. The van der Waals surface area contributed by atoms with Crippen LogP contribution in [0.25, 0.3) is 5.76 Å². The number of hydrogen-bond acceptors (Lipinski definition) is 5. The quantitative estimate of drug-likeness (QED) is 0.343. The largest absolute Gasteiger partial charge is 0.507 e. The van der Waals surface area contributed by atoms with Crippen molar-refractivity contribution in [2.24, 2.45) is 0 Å². The molecule has 2 heterocycles. The minimum atomic E-state index is -0.876. The number of halogens is 2. The van der Waals surface area contributed by atoms with E-state index in [4.69, 9.17) is 16.3 Å². The molecule has 4 rings (SSSR count). The van der Waals surface area contributed by atoms with Gasteiger partial charge in [-0.25, -0.2) is 4.39 Å². The topological polar surface area (TPSA) is 66.8 Å². The van der Waals surface area contributed by atoms with Crippen molar-refractivity contribution in [2.45, 2.75) is 6.04 Å². The lowest BCUT2D eigenvalue weighted by atomic mass is 9.99. The summed E-state index contributed by atoms with van der Waals surface area (Å²) in [5, 5.41) is 13.2. The predicted molar refractivity (Wildman–Crippen MR) is 114 cm³/mol. The number of carbonyl (C=O) groups is 2. The number of rotatable bonds is 4. The molecule has 2 aromatic carbocycles. The van der Waals surface area contributed by atoms with Gasteiger partial charge in [-0.2, -0.15) is 0 Å². The first-order chi connectivity index (χ1) is 14.4. The van der Waals surface area contributed by atoms with Gasteiger partial charge >= 0.3 is 0 Å². The van der Waals surface area contributed by atoms with Gasteiger partial charge in [-0.3, -0.25) is 14.5 Å². The number of amides is 1. The Hall–Kier alpha value is -3.16. The zero-order valence-electron chi connectivity index (χ0n) is 15.6. The molecule has 0 spiro atoms. The Labute approximate surface area is 180 Å². The molecule has 1 aliphatic rings. The maximum atomic E-state index is 13.4. The third-order valence-electron chi connectivity index (χ3n) is 4.78. The third-order valence-corrected chi connectivity index (χ3v) is 5.94. The summed E-state index contributed by atoms with van der Waals surface area (Å²) >= 11 is 7.41. The Bertz CT molecular complexity index is 1160. The highest BCUT2D eigenvalue weighted by molar-refractivity contribution is 7.10. The number of ether oxygens (including phenoxy) is 1. The Kier molecular flexibility index (Phi) is 5.32. The number of methoxy groups -OCH3 is 1. The van der Waals surface area contributed by atoms with Crippen LogP contribution in [-0.2, 0) is 9.59 Å². The summed E-state index contributed by atoms with van der Waals surface area (Å²) in [4.78, 5) is 27.9. The van der Waals surface area contributed by atoms with Crippen LogP contribution in [0, 0.1) is 5.82 Å². The van der Waals surface area contributed by atoms with Gasteiger partial charge in [-0.15, -0.1) is 11.3 Å². The SMILES string of the molecule is COc1ccc(Cl)cc1/C(O)=C1/C(=O)C(=O)N(c2ccc(F)cc2)C1c1cccs1. The predicted octanol–water partition coefficient (Wildman–Crippen LogP) is 5.18. The van der Waals surface area contributed by atoms with Crippen molar-refractivity contribution in [3.05, 3.63) is 86.8 Å². The van der Waals surface area contributed by atoms with E-state index in [9.17, 15) is 19.1 Å². The van der Waals surface area contributed by atoms with E-state index in [0.29, 0.717) is 21.3 Å². The molecule has 1 amide bonds. The summed E-state index contributed by atoms with van der Waals surface area (Å²) in [6.45, 7) is 0. The fourth-order valence-electron chi connectivity index (χ4n) is 3.43. The molecule has 1 aliphatic heterocycles. The highest BCUT2D eigenvalue weighted by Gasteiger charge is 2.47. The lowest BCUT2D eigenvalue weighted by molar-refractivity contribution is -0.132. The van der Waals surface area contributed by atoms with Crippen LogP contribution in [0.1, 0.15) is 16.5 Å².